The van der Waals surface area contributed by atoms with Gasteiger partial charge >= 0.3 is 0 Å². The Morgan fingerprint density at radius 3 is 2.45 bits per heavy atom. The molecule has 5 heteroatoms. The molecule has 0 saturated carbocycles. The Morgan fingerprint density at radius 1 is 1.05 bits per heavy atom. The molecule has 1 N–H and O–H groups in total. The average Bonchev–Trinajstić information content (AvgIpc) is 2.80. The minimum absolute atomic E-state index is 0.368. The van der Waals surface area contributed by atoms with Crippen molar-refractivity contribution in [1.29, 1.82) is 0 Å². The summed E-state index contributed by atoms with van der Waals surface area (Å²) in [4.78, 5) is 1.29. The largest absolute Gasteiger partial charge is 0.314 e. The lowest BCUT2D eigenvalue weighted by Gasteiger charge is -2.17. The van der Waals surface area contributed by atoms with Crippen molar-refractivity contribution in [1.82, 2.24) is 5.32 Å². The summed E-state index contributed by atoms with van der Waals surface area (Å²) in [6.45, 7) is 3.05. The molecule has 1 nitrogen and oxygen atoms in total. The van der Waals surface area contributed by atoms with Gasteiger partial charge in [-0.3, -0.25) is 0 Å². The molecule has 2 aromatic rings. The molecule has 0 saturated heterocycles. The number of thiophene rings is 1. The van der Waals surface area contributed by atoms with E-state index in [2.05, 4.69) is 18.3 Å². The maximum Gasteiger partial charge on any atom is 0.0931 e. The van der Waals surface area contributed by atoms with Crippen LogP contribution in [0.3, 0.4) is 0 Å². The first-order chi connectivity index (χ1) is 9.58. The second kappa shape index (κ2) is 7.67. The van der Waals surface area contributed by atoms with Crippen molar-refractivity contribution in [2.24, 2.45) is 0 Å². The molecule has 0 fully saturated rings. The summed E-state index contributed by atoms with van der Waals surface area (Å²) in [5.41, 5.74) is 1.19. The van der Waals surface area contributed by atoms with E-state index >= 15 is 0 Å². The molecular weight excluding hydrogens is 333 g/mol. The Bertz CT molecular complexity index is 568. The van der Waals surface area contributed by atoms with E-state index in [0.29, 0.717) is 16.1 Å². The summed E-state index contributed by atoms with van der Waals surface area (Å²) >= 11 is 19.6. The van der Waals surface area contributed by atoms with Gasteiger partial charge in [-0.05, 0) is 49.2 Å². The van der Waals surface area contributed by atoms with Gasteiger partial charge in [-0.1, -0.05) is 47.8 Å². The Morgan fingerprint density at radius 2 is 1.85 bits per heavy atom. The van der Waals surface area contributed by atoms with Gasteiger partial charge in [-0.25, -0.2) is 0 Å². The summed E-state index contributed by atoms with van der Waals surface area (Å²) in [5.74, 6) is 0. The highest BCUT2D eigenvalue weighted by Crippen LogP contribution is 2.25. The van der Waals surface area contributed by atoms with Crippen molar-refractivity contribution in [3.63, 3.8) is 0 Å². The maximum absolute atomic E-state index is 6.07. The van der Waals surface area contributed by atoms with Crippen LogP contribution in [-0.4, -0.2) is 12.6 Å². The maximum atomic E-state index is 6.07. The van der Waals surface area contributed by atoms with Crippen LogP contribution in [0.1, 0.15) is 17.4 Å². The van der Waals surface area contributed by atoms with E-state index in [-0.39, 0.29) is 0 Å². The number of halogens is 3. The zero-order valence-electron chi connectivity index (χ0n) is 11.1. The Labute approximate surface area is 138 Å². The number of rotatable bonds is 6. The van der Waals surface area contributed by atoms with Gasteiger partial charge in [0.1, 0.15) is 0 Å². The van der Waals surface area contributed by atoms with E-state index in [1.54, 1.807) is 11.3 Å². The second-order valence-corrected chi connectivity index (χ2v) is 7.23. The third-order valence-corrected chi connectivity index (χ3v) is 5.03. The third kappa shape index (κ3) is 4.64. The molecule has 108 valence electrons. The van der Waals surface area contributed by atoms with Gasteiger partial charge in [0, 0.05) is 10.9 Å². The lowest BCUT2D eigenvalue weighted by molar-refractivity contribution is 0.524. The van der Waals surface area contributed by atoms with Crippen molar-refractivity contribution < 1.29 is 0 Å². The molecule has 1 unspecified atom stereocenters. The number of hydrogen-bond donors (Lipinski definition) is 1. The molecule has 1 atom stereocenters. The van der Waals surface area contributed by atoms with E-state index in [4.69, 9.17) is 34.8 Å². The monoisotopic (exact) mass is 347 g/mol. The fourth-order valence-electron chi connectivity index (χ4n) is 2.16. The number of benzene rings is 1. The van der Waals surface area contributed by atoms with Crippen LogP contribution in [0.15, 0.2) is 30.3 Å². The summed E-state index contributed by atoms with van der Waals surface area (Å²) in [6.07, 6.45) is 1.88. The summed E-state index contributed by atoms with van der Waals surface area (Å²) in [7, 11) is 0. The molecule has 1 aromatic heterocycles. The van der Waals surface area contributed by atoms with Crippen LogP contribution in [0.2, 0.25) is 14.4 Å². The van der Waals surface area contributed by atoms with Gasteiger partial charge in [-0.2, -0.15) is 0 Å². The molecule has 0 amide bonds. The SMILES string of the molecule is CCNC(Cc1ccc(Cl)c(Cl)c1)Cc1ccc(Cl)s1. The van der Waals surface area contributed by atoms with Gasteiger partial charge in [0.15, 0.2) is 0 Å². The standard InChI is InChI=1S/C15H16Cl3NS/c1-2-19-11(9-12-4-6-15(18)20-12)7-10-3-5-13(16)14(17)8-10/h3-6,8,11,19H,2,7,9H2,1H3. The van der Waals surface area contributed by atoms with Crippen molar-refractivity contribution in [3.05, 3.63) is 55.2 Å². The minimum atomic E-state index is 0.368. The van der Waals surface area contributed by atoms with Gasteiger partial charge in [0.05, 0.1) is 14.4 Å². The van der Waals surface area contributed by atoms with Crippen LogP contribution in [0.25, 0.3) is 0 Å². The van der Waals surface area contributed by atoms with Gasteiger partial charge in [0.2, 0.25) is 0 Å². The fourth-order valence-corrected chi connectivity index (χ4v) is 3.65. The predicted molar refractivity (Wildman–Crippen MR) is 90.7 cm³/mol. The molecule has 1 aromatic carbocycles. The van der Waals surface area contributed by atoms with Crippen LogP contribution >= 0.6 is 46.1 Å². The summed E-state index contributed by atoms with van der Waals surface area (Å²) < 4.78 is 0.838. The Balaban J connectivity index is 2.06. The highest BCUT2D eigenvalue weighted by molar-refractivity contribution is 7.16. The smallest absolute Gasteiger partial charge is 0.0931 e. The summed E-state index contributed by atoms with van der Waals surface area (Å²) in [6, 6.07) is 10.2. The van der Waals surface area contributed by atoms with Crippen molar-refractivity contribution >= 4 is 46.1 Å². The van der Waals surface area contributed by atoms with Gasteiger partial charge in [-0.15, -0.1) is 11.3 Å². The van der Waals surface area contributed by atoms with Crippen molar-refractivity contribution in [3.8, 4) is 0 Å². The molecule has 0 aliphatic carbocycles. The molecule has 0 bridgehead atoms. The second-order valence-electron chi connectivity index (χ2n) is 4.62. The van der Waals surface area contributed by atoms with Crippen LogP contribution in [0, 0.1) is 0 Å². The Kier molecular flexibility index (Phi) is 6.19. The number of hydrogen-bond acceptors (Lipinski definition) is 2. The van der Waals surface area contributed by atoms with Gasteiger partial charge in [0.25, 0.3) is 0 Å². The molecular formula is C15H16Cl3NS. The van der Waals surface area contributed by atoms with Crippen molar-refractivity contribution in [2.45, 2.75) is 25.8 Å². The lowest BCUT2D eigenvalue weighted by atomic mass is 10.0. The highest BCUT2D eigenvalue weighted by Gasteiger charge is 2.12. The van der Waals surface area contributed by atoms with Gasteiger partial charge < -0.3 is 5.32 Å². The molecule has 20 heavy (non-hydrogen) atoms. The first kappa shape index (κ1) is 16.1. The van der Waals surface area contributed by atoms with E-state index in [1.165, 1.54) is 10.4 Å². The molecule has 0 spiro atoms. The van der Waals surface area contributed by atoms with E-state index in [0.717, 1.165) is 23.7 Å². The normalized spacial score (nSPS) is 12.6. The number of nitrogens with one attached hydrogen (secondary N) is 1. The highest BCUT2D eigenvalue weighted by atomic mass is 35.5. The van der Waals surface area contributed by atoms with Crippen LogP contribution in [0.5, 0.6) is 0 Å². The summed E-state index contributed by atoms with van der Waals surface area (Å²) in [5, 5.41) is 4.72. The first-order valence-electron chi connectivity index (χ1n) is 6.50. The van der Waals surface area contributed by atoms with Crippen LogP contribution in [0.4, 0.5) is 0 Å². The zero-order chi connectivity index (χ0) is 14.5. The number of likely N-dealkylation sites (N-methyl/N-ethyl adjacent to an activating group) is 1. The first-order valence-corrected chi connectivity index (χ1v) is 8.45. The van der Waals surface area contributed by atoms with E-state index < -0.39 is 0 Å². The third-order valence-electron chi connectivity index (χ3n) is 3.04. The predicted octanol–water partition coefficient (Wildman–Crippen LogP) is 5.47. The average molecular weight is 349 g/mol. The molecule has 1 heterocycles. The van der Waals surface area contributed by atoms with Crippen LogP contribution in [-0.2, 0) is 12.8 Å². The fraction of sp³-hybridized carbons (Fsp3) is 0.333. The lowest BCUT2D eigenvalue weighted by Crippen LogP contribution is -2.32. The minimum Gasteiger partial charge on any atom is -0.314 e. The van der Waals surface area contributed by atoms with Crippen LogP contribution < -0.4 is 5.32 Å². The quantitative estimate of drug-likeness (QED) is 0.729. The Hall–Kier alpha value is -0.250. The zero-order valence-corrected chi connectivity index (χ0v) is 14.2. The molecule has 0 radical (unpaired) electrons. The topological polar surface area (TPSA) is 12.0 Å². The molecule has 2 rings (SSSR count). The van der Waals surface area contributed by atoms with Crippen molar-refractivity contribution in [2.75, 3.05) is 6.54 Å². The molecule has 0 aliphatic heterocycles. The van der Waals surface area contributed by atoms with E-state index in [1.807, 2.05) is 24.3 Å². The van der Waals surface area contributed by atoms with E-state index in [9.17, 15) is 0 Å². The molecule has 0 aliphatic rings.